The van der Waals surface area contributed by atoms with Gasteiger partial charge in [0.05, 0.1) is 5.39 Å². The lowest BCUT2D eigenvalue weighted by atomic mass is 10.1. The van der Waals surface area contributed by atoms with Crippen molar-refractivity contribution in [3.63, 3.8) is 0 Å². The van der Waals surface area contributed by atoms with Crippen LogP contribution in [-0.2, 0) is 11.2 Å². The molecule has 0 aliphatic rings. The van der Waals surface area contributed by atoms with Crippen LogP contribution in [0.3, 0.4) is 0 Å². The van der Waals surface area contributed by atoms with Gasteiger partial charge in [0, 0.05) is 17.5 Å². The van der Waals surface area contributed by atoms with Crippen molar-refractivity contribution in [1.29, 1.82) is 0 Å². The van der Waals surface area contributed by atoms with Crippen molar-refractivity contribution >= 4 is 28.5 Å². The standard InChI is InChI=1S/C26H21ClO5/c1-16-12-20(13-17(2)25(16)27)31-23-15-30-22-14-19(9-10-21(22)26(23)29)32-24(28)11-8-18-6-4-3-5-7-18/h3-7,9-10,12-15H,8,11H2,1-2H3. The normalized spacial score (nSPS) is 10.8. The molecule has 0 bridgehead atoms. The molecular weight excluding hydrogens is 428 g/mol. The molecule has 4 rings (SSSR count). The van der Waals surface area contributed by atoms with Gasteiger partial charge in [-0.1, -0.05) is 41.9 Å². The molecular formula is C26H21ClO5. The van der Waals surface area contributed by atoms with Crippen LogP contribution < -0.4 is 14.9 Å². The molecule has 5 nitrogen and oxygen atoms in total. The van der Waals surface area contributed by atoms with Crippen LogP contribution in [0.4, 0.5) is 0 Å². The van der Waals surface area contributed by atoms with Crippen molar-refractivity contribution in [1.82, 2.24) is 0 Å². The first-order valence-corrected chi connectivity index (χ1v) is 10.5. The topological polar surface area (TPSA) is 65.7 Å². The fraction of sp³-hybridized carbons (Fsp3) is 0.154. The smallest absolute Gasteiger partial charge is 0.311 e. The van der Waals surface area contributed by atoms with E-state index in [0.717, 1.165) is 16.7 Å². The van der Waals surface area contributed by atoms with E-state index in [-0.39, 0.29) is 23.6 Å². The van der Waals surface area contributed by atoms with Crippen molar-refractivity contribution in [2.24, 2.45) is 0 Å². The van der Waals surface area contributed by atoms with E-state index in [4.69, 9.17) is 25.5 Å². The second-order valence-electron chi connectivity index (χ2n) is 7.52. The van der Waals surface area contributed by atoms with Crippen molar-refractivity contribution in [3.05, 3.63) is 98.9 Å². The van der Waals surface area contributed by atoms with Gasteiger partial charge in [-0.2, -0.15) is 0 Å². The zero-order valence-electron chi connectivity index (χ0n) is 17.7. The molecule has 0 saturated heterocycles. The number of hydrogen-bond donors (Lipinski definition) is 0. The van der Waals surface area contributed by atoms with Crippen LogP contribution in [0.5, 0.6) is 17.2 Å². The largest absolute Gasteiger partial charge is 0.460 e. The Bertz CT molecular complexity index is 1320. The van der Waals surface area contributed by atoms with Crippen LogP contribution in [0, 0.1) is 13.8 Å². The number of halogens is 1. The summed E-state index contributed by atoms with van der Waals surface area (Å²) >= 11 is 6.19. The second-order valence-corrected chi connectivity index (χ2v) is 7.90. The Morgan fingerprint density at radius 2 is 1.69 bits per heavy atom. The molecule has 0 fully saturated rings. The number of hydrogen-bond acceptors (Lipinski definition) is 5. The number of aryl methyl sites for hydroxylation is 3. The highest BCUT2D eigenvalue weighted by atomic mass is 35.5. The predicted octanol–water partition coefficient (Wildman–Crippen LogP) is 6.39. The minimum absolute atomic E-state index is 0.0613. The summed E-state index contributed by atoms with van der Waals surface area (Å²) in [5.41, 5.74) is 2.75. The Morgan fingerprint density at radius 3 is 2.41 bits per heavy atom. The molecule has 1 heterocycles. The number of fused-ring (bicyclic) bond motifs is 1. The maximum atomic E-state index is 12.8. The lowest BCUT2D eigenvalue weighted by Crippen LogP contribution is -2.09. The third-order valence-corrected chi connectivity index (χ3v) is 5.64. The van der Waals surface area contributed by atoms with E-state index >= 15 is 0 Å². The summed E-state index contributed by atoms with van der Waals surface area (Å²) in [4.78, 5) is 25.0. The van der Waals surface area contributed by atoms with Gasteiger partial charge in [0.2, 0.25) is 11.2 Å². The summed E-state index contributed by atoms with van der Waals surface area (Å²) in [6.45, 7) is 3.74. The summed E-state index contributed by atoms with van der Waals surface area (Å²) in [5, 5.41) is 0.989. The molecule has 0 unspecified atom stereocenters. The second kappa shape index (κ2) is 9.28. The van der Waals surface area contributed by atoms with E-state index in [1.807, 2.05) is 44.2 Å². The summed E-state index contributed by atoms with van der Waals surface area (Å²) in [7, 11) is 0. The lowest BCUT2D eigenvalue weighted by Gasteiger charge is -2.10. The molecule has 0 atom stereocenters. The van der Waals surface area contributed by atoms with Crippen LogP contribution in [0.15, 0.2) is 76.1 Å². The zero-order valence-corrected chi connectivity index (χ0v) is 18.4. The molecule has 3 aromatic carbocycles. The number of rotatable bonds is 6. The molecule has 0 spiro atoms. The Balaban J connectivity index is 1.49. The van der Waals surface area contributed by atoms with E-state index in [1.54, 1.807) is 24.3 Å². The Hall–Kier alpha value is -3.57. The summed E-state index contributed by atoms with van der Waals surface area (Å²) < 4.78 is 16.7. The predicted molar refractivity (Wildman–Crippen MR) is 124 cm³/mol. The van der Waals surface area contributed by atoms with Gasteiger partial charge in [-0.15, -0.1) is 0 Å². The van der Waals surface area contributed by atoms with Crippen molar-refractivity contribution in [3.8, 4) is 17.2 Å². The van der Waals surface area contributed by atoms with Gasteiger partial charge in [-0.3, -0.25) is 9.59 Å². The molecule has 0 saturated carbocycles. The number of carbonyl (C=O) groups is 1. The SMILES string of the molecule is Cc1cc(Oc2coc3cc(OC(=O)CCc4ccccc4)ccc3c2=O)cc(C)c1Cl. The number of carbonyl (C=O) groups excluding carboxylic acids is 1. The fourth-order valence-corrected chi connectivity index (χ4v) is 3.50. The molecule has 0 radical (unpaired) electrons. The number of esters is 1. The third-order valence-electron chi connectivity index (χ3n) is 5.04. The molecule has 0 N–H and O–H groups in total. The average molecular weight is 449 g/mol. The van der Waals surface area contributed by atoms with Crippen molar-refractivity contribution < 1.29 is 18.7 Å². The minimum atomic E-state index is -0.357. The molecule has 6 heteroatoms. The average Bonchev–Trinajstić information content (AvgIpc) is 2.78. The van der Waals surface area contributed by atoms with Gasteiger partial charge in [0.15, 0.2) is 0 Å². The Morgan fingerprint density at radius 1 is 0.969 bits per heavy atom. The maximum Gasteiger partial charge on any atom is 0.311 e. The molecule has 4 aromatic rings. The molecule has 0 aliphatic carbocycles. The van der Waals surface area contributed by atoms with Crippen LogP contribution in [0.1, 0.15) is 23.1 Å². The monoisotopic (exact) mass is 448 g/mol. The maximum absolute atomic E-state index is 12.8. The van der Waals surface area contributed by atoms with Gasteiger partial charge in [0.25, 0.3) is 0 Å². The van der Waals surface area contributed by atoms with E-state index < -0.39 is 0 Å². The molecule has 1 aromatic heterocycles. The third kappa shape index (κ3) is 4.84. The molecule has 162 valence electrons. The Kier molecular flexibility index (Phi) is 6.28. The molecule has 0 amide bonds. The van der Waals surface area contributed by atoms with Crippen molar-refractivity contribution in [2.75, 3.05) is 0 Å². The first-order chi connectivity index (χ1) is 15.4. The van der Waals surface area contributed by atoms with Gasteiger partial charge in [-0.05, 0) is 61.2 Å². The highest BCUT2D eigenvalue weighted by Crippen LogP contribution is 2.29. The van der Waals surface area contributed by atoms with E-state index in [1.165, 1.54) is 12.3 Å². The quantitative estimate of drug-likeness (QED) is 0.252. The van der Waals surface area contributed by atoms with Gasteiger partial charge < -0.3 is 13.9 Å². The van der Waals surface area contributed by atoms with Gasteiger partial charge in [0.1, 0.15) is 23.3 Å². The van der Waals surface area contributed by atoms with Crippen molar-refractivity contribution in [2.45, 2.75) is 26.7 Å². The molecule has 0 aliphatic heterocycles. The lowest BCUT2D eigenvalue weighted by molar-refractivity contribution is -0.134. The molecule has 32 heavy (non-hydrogen) atoms. The van der Waals surface area contributed by atoms with Crippen LogP contribution in [-0.4, -0.2) is 5.97 Å². The fourth-order valence-electron chi connectivity index (χ4n) is 3.39. The minimum Gasteiger partial charge on any atom is -0.460 e. The van der Waals surface area contributed by atoms with E-state index in [2.05, 4.69) is 0 Å². The summed E-state index contributed by atoms with van der Waals surface area (Å²) in [5.74, 6) is 0.520. The zero-order chi connectivity index (χ0) is 22.7. The van der Waals surface area contributed by atoms with Crippen LogP contribution in [0.25, 0.3) is 11.0 Å². The number of benzene rings is 3. The van der Waals surface area contributed by atoms with Gasteiger partial charge >= 0.3 is 5.97 Å². The summed E-state index contributed by atoms with van der Waals surface area (Å²) in [6, 6.07) is 17.9. The van der Waals surface area contributed by atoms with E-state index in [0.29, 0.717) is 33.9 Å². The van der Waals surface area contributed by atoms with Crippen LogP contribution >= 0.6 is 11.6 Å². The van der Waals surface area contributed by atoms with Gasteiger partial charge in [-0.25, -0.2) is 0 Å². The van der Waals surface area contributed by atoms with E-state index in [9.17, 15) is 9.59 Å². The number of ether oxygens (including phenoxy) is 2. The highest BCUT2D eigenvalue weighted by Gasteiger charge is 2.13. The van der Waals surface area contributed by atoms with Crippen LogP contribution in [0.2, 0.25) is 5.02 Å². The first kappa shape index (κ1) is 21.7. The first-order valence-electron chi connectivity index (χ1n) is 10.2. The highest BCUT2D eigenvalue weighted by molar-refractivity contribution is 6.32. The Labute approximate surface area is 190 Å². The summed E-state index contributed by atoms with van der Waals surface area (Å²) in [6.07, 6.45) is 2.09.